The molecule has 3 rings (SSSR count). The average molecular weight is 283 g/mol. The summed E-state index contributed by atoms with van der Waals surface area (Å²) in [5.74, 6) is 0. The van der Waals surface area contributed by atoms with E-state index in [9.17, 15) is 0 Å². The Morgan fingerprint density at radius 1 is 1.19 bits per heavy atom. The second kappa shape index (κ2) is 6.44. The van der Waals surface area contributed by atoms with E-state index in [0.717, 1.165) is 18.7 Å². The van der Waals surface area contributed by atoms with Crippen LogP contribution >= 0.6 is 0 Å². The molecular formula is C18H25N3. The van der Waals surface area contributed by atoms with Crippen molar-refractivity contribution in [3.63, 3.8) is 0 Å². The first kappa shape index (κ1) is 14.3. The Morgan fingerprint density at radius 2 is 1.90 bits per heavy atom. The van der Waals surface area contributed by atoms with E-state index in [2.05, 4.69) is 48.5 Å². The highest BCUT2D eigenvalue weighted by Crippen LogP contribution is 2.19. The van der Waals surface area contributed by atoms with Crippen molar-refractivity contribution >= 4 is 0 Å². The van der Waals surface area contributed by atoms with Gasteiger partial charge in [0.2, 0.25) is 0 Å². The molecule has 1 aliphatic carbocycles. The molecule has 2 aromatic rings. The van der Waals surface area contributed by atoms with Crippen LogP contribution in [-0.4, -0.2) is 15.8 Å². The van der Waals surface area contributed by atoms with Crippen molar-refractivity contribution < 1.29 is 0 Å². The van der Waals surface area contributed by atoms with Gasteiger partial charge in [-0.2, -0.15) is 5.10 Å². The number of nitrogens with one attached hydrogen (secondary N) is 1. The third kappa shape index (κ3) is 3.18. The van der Waals surface area contributed by atoms with Crippen molar-refractivity contribution in [1.82, 2.24) is 15.1 Å². The summed E-state index contributed by atoms with van der Waals surface area (Å²) in [4.78, 5) is 0. The van der Waals surface area contributed by atoms with Gasteiger partial charge in [-0.3, -0.25) is 0 Å². The first-order valence-corrected chi connectivity index (χ1v) is 8.14. The molecule has 3 heteroatoms. The molecule has 1 aromatic carbocycles. The molecule has 0 amide bonds. The number of hydrogen-bond acceptors (Lipinski definition) is 2. The van der Waals surface area contributed by atoms with E-state index >= 15 is 0 Å². The maximum Gasteiger partial charge on any atom is 0.0648 e. The third-order valence-corrected chi connectivity index (χ3v) is 4.64. The molecule has 1 saturated carbocycles. The molecule has 0 spiro atoms. The second-order valence-electron chi connectivity index (χ2n) is 6.05. The fourth-order valence-electron chi connectivity index (χ4n) is 3.13. The van der Waals surface area contributed by atoms with Crippen LogP contribution in [0.3, 0.4) is 0 Å². The molecule has 0 atom stereocenters. The first-order valence-electron chi connectivity index (χ1n) is 8.14. The minimum atomic E-state index is 0.705. The van der Waals surface area contributed by atoms with Crippen LogP contribution < -0.4 is 5.32 Å². The van der Waals surface area contributed by atoms with E-state index in [-0.39, 0.29) is 0 Å². The van der Waals surface area contributed by atoms with Crippen molar-refractivity contribution in [2.75, 3.05) is 0 Å². The average Bonchev–Trinajstić information content (AvgIpc) is 3.15. The largest absolute Gasteiger partial charge is 0.310 e. The van der Waals surface area contributed by atoms with Crippen LogP contribution in [0.1, 0.15) is 49.4 Å². The lowest BCUT2D eigenvalue weighted by Gasteiger charge is -2.11. The van der Waals surface area contributed by atoms with Crippen molar-refractivity contribution in [3.05, 3.63) is 47.3 Å². The highest BCUT2D eigenvalue weighted by molar-refractivity contribution is 5.37. The summed E-state index contributed by atoms with van der Waals surface area (Å²) >= 11 is 0. The number of aromatic nitrogens is 2. The molecular weight excluding hydrogens is 258 g/mol. The van der Waals surface area contributed by atoms with Gasteiger partial charge >= 0.3 is 0 Å². The Balaban J connectivity index is 1.71. The van der Waals surface area contributed by atoms with E-state index in [0.29, 0.717) is 6.04 Å². The van der Waals surface area contributed by atoms with Gasteiger partial charge in [0.05, 0.1) is 11.9 Å². The maximum absolute atomic E-state index is 4.56. The van der Waals surface area contributed by atoms with Gasteiger partial charge in [0.25, 0.3) is 0 Å². The molecule has 0 saturated heterocycles. The van der Waals surface area contributed by atoms with Crippen LogP contribution in [0.15, 0.2) is 30.5 Å². The summed E-state index contributed by atoms with van der Waals surface area (Å²) in [7, 11) is 0. The summed E-state index contributed by atoms with van der Waals surface area (Å²) in [5.41, 5.74) is 5.06. The summed E-state index contributed by atoms with van der Waals surface area (Å²) in [5, 5.41) is 8.23. The quantitative estimate of drug-likeness (QED) is 0.905. The Labute approximate surface area is 127 Å². The minimum Gasteiger partial charge on any atom is -0.310 e. The van der Waals surface area contributed by atoms with Crippen LogP contribution in [0.5, 0.6) is 0 Å². The Hall–Kier alpha value is -1.61. The molecule has 21 heavy (non-hydrogen) atoms. The van der Waals surface area contributed by atoms with Gasteiger partial charge in [0.1, 0.15) is 0 Å². The molecule has 1 aliphatic rings. The summed E-state index contributed by atoms with van der Waals surface area (Å²) < 4.78 is 2.05. The number of nitrogens with zero attached hydrogens (tertiary/aromatic N) is 2. The van der Waals surface area contributed by atoms with Crippen LogP contribution in [0.4, 0.5) is 0 Å². The zero-order valence-electron chi connectivity index (χ0n) is 13.1. The van der Waals surface area contributed by atoms with Gasteiger partial charge in [-0.1, -0.05) is 31.9 Å². The van der Waals surface area contributed by atoms with Gasteiger partial charge in [-0.05, 0) is 43.9 Å². The van der Waals surface area contributed by atoms with Crippen molar-refractivity contribution in [1.29, 1.82) is 0 Å². The smallest absolute Gasteiger partial charge is 0.0648 e. The first-order chi connectivity index (χ1) is 10.3. The number of benzene rings is 1. The highest BCUT2D eigenvalue weighted by atomic mass is 15.3. The molecule has 1 N–H and O–H groups in total. The molecule has 112 valence electrons. The molecule has 0 aliphatic heterocycles. The Morgan fingerprint density at radius 3 is 2.57 bits per heavy atom. The number of rotatable bonds is 5. The predicted molar refractivity (Wildman–Crippen MR) is 86.8 cm³/mol. The Kier molecular flexibility index (Phi) is 4.39. The van der Waals surface area contributed by atoms with E-state index in [1.807, 2.05) is 10.9 Å². The molecule has 0 radical (unpaired) electrons. The standard InChI is InChI=1S/C18H25N3/c1-3-15-8-10-18(11-9-15)21-14(2)16(13-20-21)12-19-17-6-4-5-7-17/h8-11,13,17,19H,3-7,12H2,1-2H3. The second-order valence-corrected chi connectivity index (χ2v) is 6.05. The lowest BCUT2D eigenvalue weighted by Crippen LogP contribution is -2.25. The summed E-state index contributed by atoms with van der Waals surface area (Å²) in [6.07, 6.45) is 8.48. The monoisotopic (exact) mass is 283 g/mol. The normalized spacial score (nSPS) is 15.7. The lowest BCUT2D eigenvalue weighted by molar-refractivity contribution is 0.523. The van der Waals surface area contributed by atoms with Gasteiger partial charge < -0.3 is 5.32 Å². The zero-order chi connectivity index (χ0) is 14.7. The van der Waals surface area contributed by atoms with Crippen molar-refractivity contribution in [2.45, 2.75) is 58.5 Å². The van der Waals surface area contributed by atoms with Crippen LogP contribution in [0.2, 0.25) is 0 Å². The molecule has 1 fully saturated rings. The third-order valence-electron chi connectivity index (χ3n) is 4.64. The minimum absolute atomic E-state index is 0.705. The summed E-state index contributed by atoms with van der Waals surface area (Å²) in [6, 6.07) is 9.40. The van der Waals surface area contributed by atoms with E-state index in [1.54, 1.807) is 0 Å². The molecule has 0 bridgehead atoms. The van der Waals surface area contributed by atoms with Crippen LogP contribution in [-0.2, 0) is 13.0 Å². The summed E-state index contributed by atoms with van der Waals surface area (Å²) in [6.45, 7) is 5.27. The Bertz CT molecular complexity index is 577. The lowest BCUT2D eigenvalue weighted by atomic mass is 10.1. The van der Waals surface area contributed by atoms with Gasteiger partial charge in [0, 0.05) is 23.8 Å². The van der Waals surface area contributed by atoms with Gasteiger partial charge in [-0.15, -0.1) is 0 Å². The van der Waals surface area contributed by atoms with Crippen LogP contribution in [0, 0.1) is 6.92 Å². The SMILES string of the molecule is CCc1ccc(-n2ncc(CNC3CCCC3)c2C)cc1. The van der Waals surface area contributed by atoms with Gasteiger partial charge in [-0.25, -0.2) is 4.68 Å². The van der Waals surface area contributed by atoms with E-state index < -0.39 is 0 Å². The van der Waals surface area contributed by atoms with E-state index in [1.165, 1.54) is 42.5 Å². The number of aryl methyl sites for hydroxylation is 1. The fourth-order valence-corrected chi connectivity index (χ4v) is 3.13. The van der Waals surface area contributed by atoms with Crippen molar-refractivity contribution in [2.24, 2.45) is 0 Å². The molecule has 1 aromatic heterocycles. The number of hydrogen-bond donors (Lipinski definition) is 1. The maximum atomic E-state index is 4.56. The van der Waals surface area contributed by atoms with Crippen LogP contribution in [0.25, 0.3) is 5.69 Å². The predicted octanol–water partition coefficient (Wildman–Crippen LogP) is 3.78. The molecule has 3 nitrogen and oxygen atoms in total. The molecule has 1 heterocycles. The highest BCUT2D eigenvalue weighted by Gasteiger charge is 2.15. The molecule has 0 unspecified atom stereocenters. The van der Waals surface area contributed by atoms with E-state index in [4.69, 9.17) is 0 Å². The van der Waals surface area contributed by atoms with Crippen molar-refractivity contribution in [3.8, 4) is 5.69 Å². The fraction of sp³-hybridized carbons (Fsp3) is 0.500. The van der Waals surface area contributed by atoms with Gasteiger partial charge in [0.15, 0.2) is 0 Å². The topological polar surface area (TPSA) is 29.9 Å². The zero-order valence-corrected chi connectivity index (χ0v) is 13.1.